The van der Waals surface area contributed by atoms with Crippen molar-refractivity contribution < 1.29 is 4.42 Å². The molecule has 0 saturated carbocycles. The van der Waals surface area contributed by atoms with Crippen molar-refractivity contribution in [2.24, 2.45) is 0 Å². The summed E-state index contributed by atoms with van der Waals surface area (Å²) < 4.78 is 10.3. The Morgan fingerprint density at radius 2 is 1.04 bits per heavy atom. The monoisotopic (exact) mass is 929 g/mol. The van der Waals surface area contributed by atoms with Crippen LogP contribution in [0, 0.1) is 0 Å². The van der Waals surface area contributed by atoms with E-state index < -0.39 is 10.8 Å². The second-order valence-corrected chi connectivity index (χ2v) is 21.9. The molecule has 0 unspecified atom stereocenters. The SMILES string of the molecule is C1=Cc2ccc3c4c(ccc1c24)-c1c(ccc2c1oc1c(N4c5ccccc5C(c5ccccc5)(c5ccccc5)c5cc6c(cc54)sc4ccccc46)cccc12)C31c2ccsc2-c2sccc21. The molecule has 0 fully saturated rings. The van der Waals surface area contributed by atoms with Crippen molar-refractivity contribution in [3.8, 4) is 20.9 Å². The van der Waals surface area contributed by atoms with Gasteiger partial charge in [0.1, 0.15) is 5.58 Å². The van der Waals surface area contributed by atoms with Crippen LogP contribution in [0.4, 0.5) is 17.1 Å². The normalized spacial score (nSPS) is 15.1. The molecule has 4 aromatic heterocycles. The van der Waals surface area contributed by atoms with E-state index in [2.05, 4.69) is 216 Å². The van der Waals surface area contributed by atoms with Crippen molar-refractivity contribution in [1.29, 1.82) is 0 Å². The van der Waals surface area contributed by atoms with Gasteiger partial charge < -0.3 is 9.32 Å². The fourth-order valence-electron chi connectivity index (χ4n) is 13.5. The number of hydrogen-bond donors (Lipinski definition) is 0. The minimum absolute atomic E-state index is 0.471. The summed E-state index contributed by atoms with van der Waals surface area (Å²) in [6.07, 6.45) is 4.58. The van der Waals surface area contributed by atoms with E-state index in [1.165, 1.54) is 107 Å². The van der Waals surface area contributed by atoms with Gasteiger partial charge in [0.2, 0.25) is 0 Å². The molecule has 320 valence electrons. The van der Waals surface area contributed by atoms with Crippen molar-refractivity contribution in [3.63, 3.8) is 0 Å². The Labute approximate surface area is 408 Å². The van der Waals surface area contributed by atoms with Crippen LogP contribution in [0.1, 0.15) is 55.6 Å². The first-order valence-electron chi connectivity index (χ1n) is 23.6. The Morgan fingerprint density at radius 3 is 1.83 bits per heavy atom. The maximum atomic E-state index is 7.74. The van der Waals surface area contributed by atoms with Crippen LogP contribution in [0.15, 0.2) is 203 Å². The molecule has 0 atom stereocenters. The molecule has 0 radical (unpaired) electrons. The van der Waals surface area contributed by atoms with E-state index in [4.69, 9.17) is 4.42 Å². The van der Waals surface area contributed by atoms with Gasteiger partial charge in [-0.3, -0.25) is 0 Å². The number of thiophene rings is 3. The third-order valence-corrected chi connectivity index (χ3v) is 19.2. The van der Waals surface area contributed by atoms with Gasteiger partial charge in [-0.1, -0.05) is 158 Å². The zero-order chi connectivity index (χ0) is 44.7. The first kappa shape index (κ1) is 37.2. The molecule has 4 aliphatic rings. The maximum Gasteiger partial charge on any atom is 0.159 e. The van der Waals surface area contributed by atoms with Crippen LogP contribution in [0.25, 0.3) is 85.9 Å². The maximum absolute atomic E-state index is 7.74. The lowest BCUT2D eigenvalue weighted by Gasteiger charge is -2.46. The van der Waals surface area contributed by atoms with Crippen LogP contribution in [-0.4, -0.2) is 0 Å². The standard InChI is InChI=1S/C64H35NOS3/c1-3-12-38(13-4-1)63(39-14-5-2-6-15-39)45-18-8-9-19-51(45)65(53-35-55-44(34-50(53)63)40-16-7-10-21-54(40)69-55)52-20-11-17-41-42-27-29-47-58(60(42)66-59(41)52)43-26-24-36-22-23-37-25-28-46(57(43)56(36)37)64(47)48-30-32-67-61(48)62-49(64)31-33-68-62/h1-35H. The van der Waals surface area contributed by atoms with Crippen LogP contribution in [0.5, 0.6) is 0 Å². The predicted octanol–water partition coefficient (Wildman–Crippen LogP) is 18.2. The Morgan fingerprint density at radius 1 is 0.391 bits per heavy atom. The van der Waals surface area contributed by atoms with Gasteiger partial charge in [0.25, 0.3) is 0 Å². The molecule has 9 aromatic carbocycles. The highest BCUT2D eigenvalue weighted by Crippen LogP contribution is 2.66. The number of anilines is 3. The topological polar surface area (TPSA) is 16.4 Å². The predicted molar refractivity (Wildman–Crippen MR) is 292 cm³/mol. The highest BCUT2D eigenvalue weighted by atomic mass is 32.1. The van der Waals surface area contributed by atoms with Crippen molar-refractivity contribution in [2.45, 2.75) is 10.8 Å². The van der Waals surface area contributed by atoms with Gasteiger partial charge >= 0.3 is 0 Å². The third-order valence-electron chi connectivity index (χ3n) is 16.1. The molecular formula is C64H35NOS3. The molecule has 17 rings (SSSR count). The van der Waals surface area contributed by atoms with E-state index in [-0.39, 0.29) is 0 Å². The fourth-order valence-corrected chi connectivity index (χ4v) is 16.7. The van der Waals surface area contributed by atoms with Crippen LogP contribution in [0.2, 0.25) is 0 Å². The molecule has 2 nitrogen and oxygen atoms in total. The van der Waals surface area contributed by atoms with Gasteiger partial charge in [-0.15, -0.1) is 34.0 Å². The van der Waals surface area contributed by atoms with Crippen molar-refractivity contribution in [1.82, 2.24) is 0 Å². The average molecular weight is 930 g/mol. The number of rotatable bonds is 3. The third kappa shape index (κ3) is 4.36. The number of hydrogen-bond acceptors (Lipinski definition) is 5. The minimum Gasteiger partial charge on any atom is -0.453 e. The Bertz CT molecular complexity index is 4350. The molecular weight excluding hydrogens is 895 g/mol. The molecule has 0 saturated heterocycles. The van der Waals surface area contributed by atoms with Crippen LogP contribution < -0.4 is 4.90 Å². The summed E-state index contributed by atoms with van der Waals surface area (Å²) in [4.78, 5) is 5.30. The molecule has 1 spiro atoms. The van der Waals surface area contributed by atoms with E-state index in [9.17, 15) is 0 Å². The molecule has 0 N–H and O–H groups in total. The summed E-state index contributed by atoms with van der Waals surface area (Å²) in [7, 11) is 0. The van der Waals surface area contributed by atoms with E-state index in [1.807, 2.05) is 34.0 Å². The van der Waals surface area contributed by atoms with Crippen molar-refractivity contribution >= 4 is 116 Å². The highest BCUT2D eigenvalue weighted by Gasteiger charge is 2.53. The molecule has 0 amide bonds. The lowest BCUT2D eigenvalue weighted by molar-refractivity contribution is 0.666. The summed E-state index contributed by atoms with van der Waals surface area (Å²) in [5, 5.41) is 12.1. The number of fused-ring (bicyclic) bond motifs is 18. The zero-order valence-corrected chi connectivity index (χ0v) is 39.2. The highest BCUT2D eigenvalue weighted by molar-refractivity contribution is 7.25. The summed E-state index contributed by atoms with van der Waals surface area (Å²) in [6.45, 7) is 0. The second-order valence-electron chi connectivity index (χ2n) is 19.0. The Balaban J connectivity index is 0.999. The lowest BCUT2D eigenvalue weighted by atomic mass is 9.61. The number of para-hydroxylation sites is 2. The molecule has 5 heteroatoms. The number of nitrogens with zero attached hydrogens (tertiary/aromatic N) is 1. The first-order chi connectivity index (χ1) is 34.2. The summed E-state index contributed by atoms with van der Waals surface area (Å²) >= 11 is 5.62. The van der Waals surface area contributed by atoms with Crippen molar-refractivity contribution in [3.05, 3.63) is 254 Å². The minimum atomic E-state index is -0.623. The van der Waals surface area contributed by atoms with Gasteiger partial charge in [-0.25, -0.2) is 0 Å². The van der Waals surface area contributed by atoms with Gasteiger partial charge in [0, 0.05) is 46.3 Å². The molecule has 13 aromatic rings. The van der Waals surface area contributed by atoms with E-state index in [0.717, 1.165) is 39.0 Å². The second kappa shape index (κ2) is 13.0. The molecule has 69 heavy (non-hydrogen) atoms. The molecule has 3 aliphatic carbocycles. The summed E-state index contributed by atoms with van der Waals surface area (Å²) in [5.74, 6) is 0. The van der Waals surface area contributed by atoms with Gasteiger partial charge in [0.05, 0.1) is 27.9 Å². The largest absolute Gasteiger partial charge is 0.453 e. The number of benzene rings is 9. The first-order valence-corrected chi connectivity index (χ1v) is 26.2. The Hall–Kier alpha value is -7.80. The number of furan rings is 1. The Kier molecular flexibility index (Phi) is 7.03. The smallest absolute Gasteiger partial charge is 0.159 e. The van der Waals surface area contributed by atoms with Gasteiger partial charge in [-0.2, -0.15) is 0 Å². The molecule has 5 heterocycles. The van der Waals surface area contributed by atoms with Crippen LogP contribution >= 0.6 is 34.0 Å². The van der Waals surface area contributed by atoms with Crippen LogP contribution in [-0.2, 0) is 10.8 Å². The van der Waals surface area contributed by atoms with Gasteiger partial charge in [-0.05, 0) is 125 Å². The average Bonchev–Trinajstić information content (AvgIpc) is 4.28. The zero-order valence-electron chi connectivity index (χ0n) is 36.8. The molecule has 1 aliphatic heterocycles. The van der Waals surface area contributed by atoms with Crippen molar-refractivity contribution in [2.75, 3.05) is 4.90 Å². The summed E-state index contributed by atoms with van der Waals surface area (Å²) in [5.41, 5.74) is 19.5. The molecule has 0 bridgehead atoms. The lowest BCUT2D eigenvalue weighted by Crippen LogP contribution is -2.37. The quantitative estimate of drug-likeness (QED) is 0.176. The van der Waals surface area contributed by atoms with E-state index in [1.54, 1.807) is 0 Å². The van der Waals surface area contributed by atoms with Crippen LogP contribution in [0.3, 0.4) is 0 Å². The van der Waals surface area contributed by atoms with E-state index in [0.29, 0.717) is 0 Å². The van der Waals surface area contributed by atoms with E-state index >= 15 is 0 Å². The summed E-state index contributed by atoms with van der Waals surface area (Å²) in [6, 6.07) is 71.1. The van der Waals surface area contributed by atoms with Gasteiger partial charge in [0.15, 0.2) is 5.58 Å². The fraction of sp³-hybridized carbons (Fsp3) is 0.0312.